The summed E-state index contributed by atoms with van der Waals surface area (Å²) < 4.78 is 13.7. The molecular formula is C27H28FNO3. The third-order valence-electron chi connectivity index (χ3n) is 6.52. The second kappa shape index (κ2) is 9.51. The molecule has 1 N–H and O–H groups in total. The van der Waals surface area contributed by atoms with Crippen LogP contribution in [0.2, 0.25) is 0 Å². The highest BCUT2D eigenvalue weighted by atomic mass is 19.1. The summed E-state index contributed by atoms with van der Waals surface area (Å²) in [5, 5.41) is 9.45. The number of likely N-dealkylation sites (tertiary alicyclic amines) is 1. The van der Waals surface area contributed by atoms with Crippen LogP contribution in [0.5, 0.6) is 0 Å². The van der Waals surface area contributed by atoms with Gasteiger partial charge >= 0.3 is 5.97 Å². The van der Waals surface area contributed by atoms with E-state index in [0.29, 0.717) is 12.8 Å². The number of aliphatic carboxylic acids is 1. The number of ketones is 1. The van der Waals surface area contributed by atoms with Gasteiger partial charge in [0.05, 0.1) is 5.41 Å². The van der Waals surface area contributed by atoms with Crippen molar-refractivity contribution in [1.29, 1.82) is 0 Å². The molecule has 4 rings (SSSR count). The molecule has 0 bridgehead atoms. The molecule has 2 aromatic rings. The van der Waals surface area contributed by atoms with E-state index >= 15 is 0 Å². The van der Waals surface area contributed by atoms with E-state index in [2.05, 4.69) is 17.0 Å². The highest BCUT2D eigenvalue weighted by molar-refractivity contribution is 6.06. The molecule has 1 aliphatic carbocycles. The zero-order valence-electron chi connectivity index (χ0n) is 18.1. The van der Waals surface area contributed by atoms with Crippen LogP contribution in [0.4, 0.5) is 4.39 Å². The first-order valence-corrected chi connectivity index (χ1v) is 11.2. The van der Waals surface area contributed by atoms with E-state index in [1.165, 1.54) is 17.7 Å². The molecule has 5 heteroatoms. The van der Waals surface area contributed by atoms with Gasteiger partial charge in [0, 0.05) is 30.8 Å². The van der Waals surface area contributed by atoms with Crippen molar-refractivity contribution < 1.29 is 19.1 Å². The maximum absolute atomic E-state index is 13.7. The van der Waals surface area contributed by atoms with Crippen molar-refractivity contribution >= 4 is 11.8 Å². The van der Waals surface area contributed by atoms with Crippen molar-refractivity contribution in [2.75, 3.05) is 13.1 Å². The molecular weight excluding hydrogens is 405 g/mol. The van der Waals surface area contributed by atoms with Gasteiger partial charge in [0.25, 0.3) is 0 Å². The molecule has 1 unspecified atom stereocenters. The number of benzene rings is 2. The van der Waals surface area contributed by atoms with Gasteiger partial charge in [-0.3, -0.25) is 9.59 Å². The minimum atomic E-state index is -0.884. The van der Waals surface area contributed by atoms with Gasteiger partial charge < -0.3 is 10.0 Å². The minimum absolute atomic E-state index is 0.00646. The topological polar surface area (TPSA) is 57.6 Å². The van der Waals surface area contributed by atoms with Gasteiger partial charge in [-0.05, 0) is 61.4 Å². The Labute approximate surface area is 188 Å². The highest BCUT2D eigenvalue weighted by Crippen LogP contribution is 2.46. The molecule has 0 spiro atoms. The van der Waals surface area contributed by atoms with Gasteiger partial charge in [0.15, 0.2) is 5.78 Å². The zero-order chi connectivity index (χ0) is 22.6. The number of carbonyl (C=O) groups excluding carboxylic acids is 1. The van der Waals surface area contributed by atoms with Crippen LogP contribution in [-0.4, -0.2) is 34.8 Å². The zero-order valence-corrected chi connectivity index (χ0v) is 18.1. The number of carboxylic acid groups (broad SMARTS) is 1. The Kier molecular flexibility index (Phi) is 6.54. The van der Waals surface area contributed by atoms with Gasteiger partial charge in [0.1, 0.15) is 5.82 Å². The Balaban J connectivity index is 1.74. The standard InChI is InChI=1S/C27H28FNO3/c28-22-12-10-21(11-13-22)27(17-15-25(31)32)16-14-24(30)23(26(27)29-18-5-19-29)9-4-8-20-6-2-1-3-7-20/h1-3,6-7,10-14,16H,4-5,8-9,15,17-19H2,(H,31,32). The van der Waals surface area contributed by atoms with Crippen molar-refractivity contribution in [3.63, 3.8) is 0 Å². The summed E-state index contributed by atoms with van der Waals surface area (Å²) in [6.07, 6.45) is 7.08. The lowest BCUT2D eigenvalue weighted by Gasteiger charge is -2.47. The third-order valence-corrected chi connectivity index (χ3v) is 6.52. The summed E-state index contributed by atoms with van der Waals surface area (Å²) in [6, 6.07) is 16.4. The van der Waals surface area contributed by atoms with E-state index in [1.54, 1.807) is 18.2 Å². The average molecular weight is 434 g/mol. The highest BCUT2D eigenvalue weighted by Gasteiger charge is 2.43. The maximum atomic E-state index is 13.7. The maximum Gasteiger partial charge on any atom is 0.303 e. The van der Waals surface area contributed by atoms with E-state index < -0.39 is 11.4 Å². The summed E-state index contributed by atoms with van der Waals surface area (Å²) in [7, 11) is 0. The fourth-order valence-electron chi connectivity index (χ4n) is 4.78. The summed E-state index contributed by atoms with van der Waals surface area (Å²) in [4.78, 5) is 26.8. The van der Waals surface area contributed by atoms with Crippen LogP contribution in [0, 0.1) is 5.82 Å². The van der Waals surface area contributed by atoms with E-state index in [4.69, 9.17) is 0 Å². The first-order valence-electron chi connectivity index (χ1n) is 11.2. The molecule has 0 saturated carbocycles. The fraction of sp³-hybridized carbons (Fsp3) is 0.333. The predicted octanol–water partition coefficient (Wildman–Crippen LogP) is 5.05. The second-order valence-electron chi connectivity index (χ2n) is 8.58. The molecule has 0 aromatic heterocycles. The lowest BCUT2D eigenvalue weighted by molar-refractivity contribution is -0.137. The fourth-order valence-corrected chi connectivity index (χ4v) is 4.78. The molecule has 4 nitrogen and oxygen atoms in total. The van der Waals surface area contributed by atoms with Crippen LogP contribution in [-0.2, 0) is 21.4 Å². The normalized spacial score (nSPS) is 20.4. The van der Waals surface area contributed by atoms with Crippen LogP contribution in [0.15, 0.2) is 78.0 Å². The number of halogens is 1. The van der Waals surface area contributed by atoms with Crippen molar-refractivity contribution in [3.05, 3.63) is 95.0 Å². The molecule has 166 valence electrons. The number of nitrogens with zero attached hydrogens (tertiary/aromatic N) is 1. The molecule has 1 heterocycles. The number of hydrogen-bond acceptors (Lipinski definition) is 3. The first kappa shape index (κ1) is 22.0. The summed E-state index contributed by atoms with van der Waals surface area (Å²) in [5.74, 6) is -1.23. The number of carbonyl (C=O) groups is 2. The second-order valence-corrected chi connectivity index (χ2v) is 8.58. The number of aryl methyl sites for hydroxylation is 1. The number of allylic oxidation sites excluding steroid dienone is 3. The molecule has 32 heavy (non-hydrogen) atoms. The summed E-state index contributed by atoms with van der Waals surface area (Å²) >= 11 is 0. The summed E-state index contributed by atoms with van der Waals surface area (Å²) in [5.41, 5.74) is 2.98. The minimum Gasteiger partial charge on any atom is -0.481 e. The Bertz CT molecular complexity index is 1040. The third kappa shape index (κ3) is 4.52. The van der Waals surface area contributed by atoms with E-state index in [-0.39, 0.29) is 18.0 Å². The number of carboxylic acids is 1. The van der Waals surface area contributed by atoms with Gasteiger partial charge in [-0.1, -0.05) is 48.5 Å². The summed E-state index contributed by atoms with van der Waals surface area (Å²) in [6.45, 7) is 1.68. The van der Waals surface area contributed by atoms with Crippen molar-refractivity contribution in [2.45, 2.75) is 43.9 Å². The Hall–Kier alpha value is -3.21. The smallest absolute Gasteiger partial charge is 0.303 e. The molecule has 1 atom stereocenters. The number of rotatable bonds is 9. The lowest BCUT2D eigenvalue weighted by Crippen LogP contribution is -2.47. The van der Waals surface area contributed by atoms with Crippen LogP contribution in [0.25, 0.3) is 0 Å². The van der Waals surface area contributed by atoms with E-state index in [0.717, 1.165) is 49.2 Å². The van der Waals surface area contributed by atoms with Gasteiger partial charge in [-0.25, -0.2) is 4.39 Å². The monoisotopic (exact) mass is 433 g/mol. The van der Waals surface area contributed by atoms with Crippen LogP contribution < -0.4 is 0 Å². The molecule has 0 amide bonds. The van der Waals surface area contributed by atoms with E-state index in [1.807, 2.05) is 24.3 Å². The molecule has 0 radical (unpaired) electrons. The molecule has 1 aliphatic heterocycles. The first-order chi connectivity index (χ1) is 15.5. The largest absolute Gasteiger partial charge is 0.481 e. The van der Waals surface area contributed by atoms with Crippen LogP contribution in [0.3, 0.4) is 0 Å². The molecule has 1 fully saturated rings. The number of hydrogen-bond donors (Lipinski definition) is 1. The van der Waals surface area contributed by atoms with E-state index in [9.17, 15) is 19.1 Å². The van der Waals surface area contributed by atoms with Crippen molar-refractivity contribution in [1.82, 2.24) is 4.90 Å². The molecule has 1 saturated heterocycles. The van der Waals surface area contributed by atoms with Gasteiger partial charge in [0.2, 0.25) is 0 Å². The van der Waals surface area contributed by atoms with Crippen LogP contribution in [0.1, 0.15) is 43.2 Å². The Morgan fingerprint density at radius 3 is 2.38 bits per heavy atom. The quantitative estimate of drug-likeness (QED) is 0.601. The molecule has 2 aliphatic rings. The van der Waals surface area contributed by atoms with Gasteiger partial charge in [-0.2, -0.15) is 0 Å². The van der Waals surface area contributed by atoms with Gasteiger partial charge in [-0.15, -0.1) is 0 Å². The predicted molar refractivity (Wildman–Crippen MR) is 122 cm³/mol. The van der Waals surface area contributed by atoms with Crippen LogP contribution >= 0.6 is 0 Å². The molecule has 2 aromatic carbocycles. The SMILES string of the molecule is O=C(O)CCC1(c2ccc(F)cc2)C=CC(=O)C(CCCc2ccccc2)=C1N1CCC1. The van der Waals surface area contributed by atoms with Crippen molar-refractivity contribution in [3.8, 4) is 0 Å². The lowest BCUT2D eigenvalue weighted by atomic mass is 9.68. The Morgan fingerprint density at radius 2 is 1.75 bits per heavy atom. The average Bonchev–Trinajstić information content (AvgIpc) is 2.75. The van der Waals surface area contributed by atoms with Crippen molar-refractivity contribution in [2.24, 2.45) is 0 Å². The Morgan fingerprint density at radius 1 is 1.03 bits per heavy atom.